The van der Waals surface area contributed by atoms with Crippen LogP contribution in [0.15, 0.2) is 0 Å². The van der Waals surface area contributed by atoms with Crippen molar-refractivity contribution in [3.63, 3.8) is 0 Å². The highest BCUT2D eigenvalue weighted by Crippen LogP contribution is 2.17. The van der Waals surface area contributed by atoms with E-state index in [0.29, 0.717) is 13.2 Å². The minimum atomic E-state index is -0.180. The fourth-order valence-corrected chi connectivity index (χ4v) is 1.21. The molecule has 0 aromatic heterocycles. The Labute approximate surface area is 66.7 Å². The van der Waals surface area contributed by atoms with Gasteiger partial charge < -0.3 is 14.3 Å². The minimum absolute atomic E-state index is 0.144. The van der Waals surface area contributed by atoms with Gasteiger partial charge >= 0.3 is 0 Å². The van der Waals surface area contributed by atoms with Crippen molar-refractivity contribution in [3.8, 4) is 0 Å². The molecule has 0 aromatic carbocycles. The molecule has 0 spiro atoms. The number of ether oxygens (including phenoxy) is 2. The first-order valence-electron chi connectivity index (χ1n) is 4.05. The lowest BCUT2D eigenvalue weighted by atomic mass is 10.2. The van der Waals surface area contributed by atoms with Crippen molar-refractivity contribution in [2.24, 2.45) is 0 Å². The first-order valence-corrected chi connectivity index (χ1v) is 4.05. The fourth-order valence-electron chi connectivity index (χ4n) is 1.21. The van der Waals surface area contributed by atoms with Gasteiger partial charge in [0.15, 0.2) is 0 Å². The van der Waals surface area contributed by atoms with Crippen LogP contribution in [0.3, 0.4) is 0 Å². The number of aldehydes is 1. The van der Waals surface area contributed by atoms with E-state index in [2.05, 4.69) is 0 Å². The molecular weight excluding hydrogens is 144 g/mol. The topological polar surface area (TPSA) is 35.5 Å². The predicted octanol–water partition coefficient (Wildman–Crippen LogP) is 0.769. The number of rotatable bonds is 4. The van der Waals surface area contributed by atoms with Crippen LogP contribution in [-0.4, -0.2) is 31.7 Å². The number of hydrogen-bond acceptors (Lipinski definition) is 3. The Morgan fingerprint density at radius 2 is 2.45 bits per heavy atom. The summed E-state index contributed by atoms with van der Waals surface area (Å²) in [4.78, 5) is 10.3. The van der Waals surface area contributed by atoms with E-state index in [9.17, 15) is 4.79 Å². The van der Waals surface area contributed by atoms with Crippen molar-refractivity contribution >= 4 is 6.29 Å². The lowest BCUT2D eigenvalue weighted by Gasteiger charge is -2.09. The Kier molecular flexibility index (Phi) is 3.52. The molecule has 0 radical (unpaired) electrons. The van der Waals surface area contributed by atoms with Gasteiger partial charge in [-0.2, -0.15) is 0 Å². The molecule has 11 heavy (non-hydrogen) atoms. The Bertz CT molecular complexity index is 125. The molecule has 0 aromatic rings. The molecule has 2 unspecified atom stereocenters. The first kappa shape index (κ1) is 8.68. The summed E-state index contributed by atoms with van der Waals surface area (Å²) >= 11 is 0. The van der Waals surface area contributed by atoms with Crippen LogP contribution >= 0.6 is 0 Å². The highest BCUT2D eigenvalue weighted by molar-refractivity contribution is 5.56. The number of carbonyl (C=O) groups is 1. The molecule has 3 heteroatoms. The second-order valence-corrected chi connectivity index (χ2v) is 2.67. The molecule has 2 atom stereocenters. The van der Waals surface area contributed by atoms with Crippen molar-refractivity contribution in [2.45, 2.75) is 32.0 Å². The van der Waals surface area contributed by atoms with E-state index in [0.717, 1.165) is 19.1 Å². The predicted molar refractivity (Wildman–Crippen MR) is 40.5 cm³/mol. The van der Waals surface area contributed by atoms with Crippen LogP contribution in [-0.2, 0) is 14.3 Å². The van der Waals surface area contributed by atoms with E-state index < -0.39 is 0 Å². The smallest absolute Gasteiger partial charge is 0.148 e. The van der Waals surface area contributed by atoms with E-state index in [1.54, 1.807) is 0 Å². The summed E-state index contributed by atoms with van der Waals surface area (Å²) < 4.78 is 10.5. The van der Waals surface area contributed by atoms with Crippen LogP contribution in [0.5, 0.6) is 0 Å². The Morgan fingerprint density at radius 1 is 1.64 bits per heavy atom. The van der Waals surface area contributed by atoms with E-state index in [-0.39, 0.29) is 12.2 Å². The van der Waals surface area contributed by atoms with Crippen LogP contribution in [0.25, 0.3) is 0 Å². The van der Waals surface area contributed by atoms with E-state index >= 15 is 0 Å². The standard InChI is InChI=1S/C8H14O3/c1-2-10-6-8-4-3-7(5-9)11-8/h5,7-8H,2-4,6H2,1H3. The lowest BCUT2D eigenvalue weighted by molar-refractivity contribution is -0.118. The average molecular weight is 158 g/mol. The van der Waals surface area contributed by atoms with Crippen LogP contribution in [0.2, 0.25) is 0 Å². The van der Waals surface area contributed by atoms with Crippen molar-refractivity contribution in [2.75, 3.05) is 13.2 Å². The maximum absolute atomic E-state index is 10.3. The lowest BCUT2D eigenvalue weighted by Crippen LogP contribution is -2.17. The number of carbonyl (C=O) groups excluding carboxylic acids is 1. The van der Waals surface area contributed by atoms with Gasteiger partial charge in [-0.05, 0) is 19.8 Å². The Balaban J connectivity index is 2.14. The fraction of sp³-hybridized carbons (Fsp3) is 0.875. The van der Waals surface area contributed by atoms with Crippen molar-refractivity contribution in [1.29, 1.82) is 0 Å². The molecule has 1 heterocycles. The Hall–Kier alpha value is -0.410. The molecule has 0 saturated carbocycles. The maximum atomic E-state index is 10.3. The minimum Gasteiger partial charge on any atom is -0.379 e. The summed E-state index contributed by atoms with van der Waals surface area (Å²) in [6.45, 7) is 3.29. The Morgan fingerprint density at radius 3 is 3.00 bits per heavy atom. The van der Waals surface area contributed by atoms with Gasteiger partial charge in [0, 0.05) is 6.61 Å². The second-order valence-electron chi connectivity index (χ2n) is 2.67. The van der Waals surface area contributed by atoms with Crippen LogP contribution in [0.1, 0.15) is 19.8 Å². The van der Waals surface area contributed by atoms with Gasteiger partial charge in [0.2, 0.25) is 0 Å². The molecule has 0 N–H and O–H groups in total. The highest BCUT2D eigenvalue weighted by atomic mass is 16.5. The first-order chi connectivity index (χ1) is 5.36. The maximum Gasteiger partial charge on any atom is 0.148 e. The van der Waals surface area contributed by atoms with Gasteiger partial charge in [0.1, 0.15) is 12.4 Å². The molecule has 1 aliphatic rings. The summed E-state index contributed by atoms with van der Waals surface area (Å²) in [5.41, 5.74) is 0. The van der Waals surface area contributed by atoms with Gasteiger partial charge in [0.05, 0.1) is 12.7 Å². The summed E-state index contributed by atoms with van der Waals surface area (Å²) in [7, 11) is 0. The van der Waals surface area contributed by atoms with Crippen LogP contribution in [0.4, 0.5) is 0 Å². The molecule has 0 amide bonds. The number of hydrogen-bond donors (Lipinski definition) is 0. The van der Waals surface area contributed by atoms with Gasteiger partial charge in [-0.15, -0.1) is 0 Å². The third-order valence-electron chi connectivity index (χ3n) is 1.80. The van der Waals surface area contributed by atoms with E-state index in [1.165, 1.54) is 0 Å². The SMILES string of the molecule is CCOCC1CCC(C=O)O1. The third-order valence-corrected chi connectivity index (χ3v) is 1.80. The molecule has 64 valence electrons. The van der Waals surface area contributed by atoms with Crippen LogP contribution in [0, 0.1) is 0 Å². The highest BCUT2D eigenvalue weighted by Gasteiger charge is 2.24. The molecule has 0 aliphatic carbocycles. The van der Waals surface area contributed by atoms with E-state index in [1.807, 2.05) is 6.92 Å². The molecule has 1 fully saturated rings. The van der Waals surface area contributed by atoms with Gasteiger partial charge in [0.25, 0.3) is 0 Å². The van der Waals surface area contributed by atoms with Crippen molar-refractivity contribution < 1.29 is 14.3 Å². The van der Waals surface area contributed by atoms with Gasteiger partial charge in [-0.1, -0.05) is 0 Å². The van der Waals surface area contributed by atoms with Gasteiger partial charge in [-0.25, -0.2) is 0 Å². The van der Waals surface area contributed by atoms with Crippen LogP contribution < -0.4 is 0 Å². The monoisotopic (exact) mass is 158 g/mol. The zero-order chi connectivity index (χ0) is 8.10. The zero-order valence-corrected chi connectivity index (χ0v) is 6.79. The summed E-state index contributed by atoms with van der Waals surface area (Å²) in [5.74, 6) is 0. The second kappa shape index (κ2) is 4.46. The zero-order valence-electron chi connectivity index (χ0n) is 6.79. The summed E-state index contributed by atoms with van der Waals surface area (Å²) in [6, 6.07) is 0. The average Bonchev–Trinajstić information content (AvgIpc) is 2.48. The molecule has 0 bridgehead atoms. The quantitative estimate of drug-likeness (QED) is 0.567. The molecular formula is C8H14O3. The summed E-state index contributed by atoms with van der Waals surface area (Å²) in [5, 5.41) is 0. The molecule has 3 nitrogen and oxygen atoms in total. The van der Waals surface area contributed by atoms with Gasteiger partial charge in [-0.3, -0.25) is 0 Å². The van der Waals surface area contributed by atoms with Crippen molar-refractivity contribution in [1.82, 2.24) is 0 Å². The summed E-state index contributed by atoms with van der Waals surface area (Å²) in [6.07, 6.45) is 2.63. The molecule has 1 aliphatic heterocycles. The normalized spacial score (nSPS) is 30.6. The van der Waals surface area contributed by atoms with E-state index in [4.69, 9.17) is 9.47 Å². The molecule has 1 rings (SSSR count). The van der Waals surface area contributed by atoms with Crippen molar-refractivity contribution in [3.05, 3.63) is 0 Å². The largest absolute Gasteiger partial charge is 0.379 e. The molecule has 1 saturated heterocycles. The third kappa shape index (κ3) is 2.60.